The summed E-state index contributed by atoms with van der Waals surface area (Å²) in [5.41, 5.74) is 0.575. The third-order valence-corrected chi connectivity index (χ3v) is 5.67. The topological polar surface area (TPSA) is 75.2 Å². The van der Waals surface area contributed by atoms with E-state index < -0.39 is 10.0 Å². The number of hydrogen-bond donors (Lipinski definition) is 1. The fourth-order valence-electron chi connectivity index (χ4n) is 2.92. The van der Waals surface area contributed by atoms with Crippen molar-refractivity contribution in [2.75, 3.05) is 24.5 Å². The van der Waals surface area contributed by atoms with Crippen LogP contribution in [0.2, 0.25) is 0 Å². The van der Waals surface area contributed by atoms with Crippen LogP contribution in [0.4, 0.5) is 10.2 Å². The Morgan fingerprint density at radius 2 is 1.88 bits per heavy atom. The van der Waals surface area contributed by atoms with E-state index in [2.05, 4.69) is 19.6 Å². The first kappa shape index (κ1) is 17.8. The van der Waals surface area contributed by atoms with Gasteiger partial charge in [-0.25, -0.2) is 22.5 Å². The summed E-state index contributed by atoms with van der Waals surface area (Å²) in [4.78, 5) is 10.5. The SMILES string of the molecule is O=S(=O)(Cc1ccc(F)cc1)NCC1CCN(c2cnccn2)CC1. The number of nitrogens with zero attached hydrogens (tertiary/aromatic N) is 3. The first-order chi connectivity index (χ1) is 12.0. The molecule has 1 aromatic heterocycles. The van der Waals surface area contributed by atoms with Crippen LogP contribution >= 0.6 is 0 Å². The van der Waals surface area contributed by atoms with Crippen molar-refractivity contribution in [3.8, 4) is 0 Å². The summed E-state index contributed by atoms with van der Waals surface area (Å²) in [5.74, 6) is 0.656. The van der Waals surface area contributed by atoms with Crippen LogP contribution in [-0.4, -0.2) is 38.0 Å². The molecule has 0 amide bonds. The Bertz CT molecular complexity index is 776. The van der Waals surface area contributed by atoms with Gasteiger partial charge in [0.15, 0.2) is 0 Å². The van der Waals surface area contributed by atoms with Gasteiger partial charge in [-0.05, 0) is 36.5 Å². The van der Waals surface area contributed by atoms with E-state index in [0.29, 0.717) is 18.0 Å². The van der Waals surface area contributed by atoms with Crippen LogP contribution in [0.25, 0.3) is 0 Å². The highest BCUT2D eigenvalue weighted by molar-refractivity contribution is 7.88. The van der Waals surface area contributed by atoms with Crippen LogP contribution in [0.5, 0.6) is 0 Å². The lowest BCUT2D eigenvalue weighted by molar-refractivity contribution is 0.400. The molecule has 0 spiro atoms. The van der Waals surface area contributed by atoms with E-state index >= 15 is 0 Å². The van der Waals surface area contributed by atoms with Gasteiger partial charge in [0.05, 0.1) is 11.9 Å². The normalized spacial score (nSPS) is 16.1. The number of sulfonamides is 1. The van der Waals surface area contributed by atoms with Gasteiger partial charge in [-0.3, -0.25) is 4.98 Å². The van der Waals surface area contributed by atoms with Gasteiger partial charge in [0, 0.05) is 32.0 Å². The van der Waals surface area contributed by atoms with Gasteiger partial charge >= 0.3 is 0 Å². The lowest BCUT2D eigenvalue weighted by Crippen LogP contribution is -2.39. The van der Waals surface area contributed by atoms with Gasteiger partial charge in [0.2, 0.25) is 10.0 Å². The molecule has 0 unspecified atom stereocenters. The Hall–Kier alpha value is -2.06. The molecule has 0 aliphatic carbocycles. The fourth-order valence-corrected chi connectivity index (χ4v) is 4.14. The summed E-state index contributed by atoms with van der Waals surface area (Å²) in [6, 6.07) is 5.53. The summed E-state index contributed by atoms with van der Waals surface area (Å²) in [5, 5.41) is 0. The zero-order valence-electron chi connectivity index (χ0n) is 13.8. The van der Waals surface area contributed by atoms with Gasteiger partial charge in [0.1, 0.15) is 11.6 Å². The number of benzene rings is 1. The van der Waals surface area contributed by atoms with Crippen molar-refractivity contribution in [2.24, 2.45) is 5.92 Å². The highest BCUT2D eigenvalue weighted by Crippen LogP contribution is 2.20. The average Bonchev–Trinajstić information content (AvgIpc) is 2.63. The van der Waals surface area contributed by atoms with Crippen LogP contribution in [0.1, 0.15) is 18.4 Å². The second-order valence-corrected chi connectivity index (χ2v) is 8.03. The largest absolute Gasteiger partial charge is 0.355 e. The van der Waals surface area contributed by atoms with Crippen LogP contribution < -0.4 is 9.62 Å². The molecule has 2 aromatic rings. The minimum Gasteiger partial charge on any atom is -0.355 e. The molecule has 1 saturated heterocycles. The molecule has 0 saturated carbocycles. The highest BCUT2D eigenvalue weighted by Gasteiger charge is 2.22. The van der Waals surface area contributed by atoms with Crippen molar-refractivity contribution in [3.05, 3.63) is 54.2 Å². The standard InChI is InChI=1S/C17H21FN4O2S/c18-16-3-1-15(2-4-16)13-25(23,24)21-11-14-5-9-22(10-6-14)17-12-19-7-8-20-17/h1-4,7-8,12,14,21H,5-6,9-11,13H2. The molecular weight excluding hydrogens is 343 g/mol. The molecule has 1 aliphatic rings. The molecule has 25 heavy (non-hydrogen) atoms. The molecule has 2 heterocycles. The maximum atomic E-state index is 12.9. The van der Waals surface area contributed by atoms with E-state index in [1.54, 1.807) is 18.6 Å². The maximum Gasteiger partial charge on any atom is 0.215 e. The second-order valence-electron chi connectivity index (χ2n) is 6.23. The van der Waals surface area contributed by atoms with Gasteiger partial charge in [0.25, 0.3) is 0 Å². The molecule has 1 aliphatic heterocycles. The predicted molar refractivity (Wildman–Crippen MR) is 94.0 cm³/mol. The minimum absolute atomic E-state index is 0.133. The van der Waals surface area contributed by atoms with E-state index in [1.165, 1.54) is 24.3 Å². The molecule has 1 fully saturated rings. The van der Waals surface area contributed by atoms with Gasteiger partial charge < -0.3 is 4.90 Å². The number of anilines is 1. The number of rotatable bonds is 6. The quantitative estimate of drug-likeness (QED) is 0.848. The number of halogens is 1. The first-order valence-electron chi connectivity index (χ1n) is 8.24. The molecule has 134 valence electrons. The second kappa shape index (κ2) is 7.88. The molecular formula is C17H21FN4O2S. The van der Waals surface area contributed by atoms with Gasteiger partial charge in [-0.15, -0.1) is 0 Å². The monoisotopic (exact) mass is 364 g/mol. The van der Waals surface area contributed by atoms with Crippen LogP contribution in [-0.2, 0) is 15.8 Å². The Balaban J connectivity index is 1.46. The van der Waals surface area contributed by atoms with Crippen LogP contribution in [0.15, 0.2) is 42.9 Å². The minimum atomic E-state index is -3.42. The summed E-state index contributed by atoms with van der Waals surface area (Å²) >= 11 is 0. The van der Waals surface area contributed by atoms with Crippen molar-refractivity contribution in [2.45, 2.75) is 18.6 Å². The zero-order chi connectivity index (χ0) is 17.7. The van der Waals surface area contributed by atoms with E-state index in [9.17, 15) is 12.8 Å². The molecule has 1 N–H and O–H groups in total. The Morgan fingerprint density at radius 3 is 2.52 bits per heavy atom. The average molecular weight is 364 g/mol. The molecule has 0 radical (unpaired) electrons. The van der Waals surface area contributed by atoms with Crippen molar-refractivity contribution in [3.63, 3.8) is 0 Å². The third kappa shape index (κ3) is 5.20. The number of aromatic nitrogens is 2. The fraction of sp³-hybridized carbons (Fsp3) is 0.412. The van der Waals surface area contributed by atoms with Crippen molar-refractivity contribution < 1.29 is 12.8 Å². The Morgan fingerprint density at radius 1 is 1.16 bits per heavy atom. The van der Waals surface area contributed by atoms with E-state index in [0.717, 1.165) is 31.7 Å². The van der Waals surface area contributed by atoms with Crippen LogP contribution in [0.3, 0.4) is 0 Å². The summed E-state index contributed by atoms with van der Waals surface area (Å²) in [6.45, 7) is 2.10. The van der Waals surface area contributed by atoms with Crippen molar-refractivity contribution >= 4 is 15.8 Å². The lowest BCUT2D eigenvalue weighted by atomic mass is 9.97. The van der Waals surface area contributed by atoms with Crippen molar-refractivity contribution in [1.29, 1.82) is 0 Å². The van der Waals surface area contributed by atoms with E-state index in [1.807, 2.05) is 0 Å². The summed E-state index contributed by atoms with van der Waals surface area (Å²) < 4.78 is 39.9. The Kier molecular flexibility index (Phi) is 5.60. The molecule has 0 bridgehead atoms. The smallest absolute Gasteiger partial charge is 0.215 e. The summed E-state index contributed by atoms with van der Waals surface area (Å²) in [7, 11) is -3.42. The zero-order valence-corrected chi connectivity index (χ0v) is 14.6. The maximum absolute atomic E-state index is 12.9. The first-order valence-corrected chi connectivity index (χ1v) is 9.90. The van der Waals surface area contributed by atoms with E-state index in [4.69, 9.17) is 0 Å². The van der Waals surface area contributed by atoms with Crippen LogP contribution in [0, 0.1) is 11.7 Å². The molecule has 1 aromatic carbocycles. The lowest BCUT2D eigenvalue weighted by Gasteiger charge is -2.32. The van der Waals surface area contributed by atoms with Crippen molar-refractivity contribution in [1.82, 2.24) is 14.7 Å². The molecule has 6 nitrogen and oxygen atoms in total. The molecule has 3 rings (SSSR count). The summed E-state index contributed by atoms with van der Waals surface area (Å²) in [6.07, 6.45) is 6.86. The van der Waals surface area contributed by atoms with Gasteiger partial charge in [-0.1, -0.05) is 12.1 Å². The number of hydrogen-bond acceptors (Lipinski definition) is 5. The third-order valence-electron chi connectivity index (χ3n) is 4.35. The molecule has 0 atom stereocenters. The number of piperidine rings is 1. The molecule has 8 heteroatoms. The highest BCUT2D eigenvalue weighted by atomic mass is 32.2. The van der Waals surface area contributed by atoms with Gasteiger partial charge in [-0.2, -0.15) is 0 Å². The number of nitrogens with one attached hydrogen (secondary N) is 1. The predicted octanol–water partition coefficient (Wildman–Crippen LogP) is 1.95. The van der Waals surface area contributed by atoms with E-state index in [-0.39, 0.29) is 11.6 Å². The Labute approximate surface area is 147 Å².